The van der Waals surface area contributed by atoms with Gasteiger partial charge in [0.2, 0.25) is 0 Å². The minimum atomic E-state index is -0.377. The van der Waals surface area contributed by atoms with E-state index in [1.807, 2.05) is 18.2 Å². The van der Waals surface area contributed by atoms with Crippen LogP contribution in [-0.2, 0) is 0 Å². The Morgan fingerprint density at radius 3 is 2.25 bits per heavy atom. The molecule has 0 aromatic heterocycles. The molecule has 0 spiro atoms. The average Bonchev–Trinajstić information content (AvgIpc) is 2.41. The Balaban J connectivity index is 0.00000200. The van der Waals surface area contributed by atoms with Gasteiger partial charge in [-0.2, -0.15) is 0 Å². The van der Waals surface area contributed by atoms with E-state index in [1.54, 1.807) is 18.2 Å². The quantitative estimate of drug-likeness (QED) is 0.505. The molecule has 2 N–H and O–H groups in total. The number of amides is 1. The van der Waals surface area contributed by atoms with Crippen LogP contribution in [0.25, 0.3) is 0 Å². The van der Waals surface area contributed by atoms with Crippen molar-refractivity contribution >= 4 is 88.9 Å². The number of phenols is 1. The van der Waals surface area contributed by atoms with Gasteiger partial charge in [-0.1, -0.05) is 18.2 Å². The average molecular weight is 474 g/mol. The summed E-state index contributed by atoms with van der Waals surface area (Å²) in [6.07, 6.45) is 0. The fraction of sp³-hybridized carbons (Fsp3) is 0. The summed E-state index contributed by atoms with van der Waals surface area (Å²) in [5.41, 5.74) is 0.855. The second kappa shape index (κ2) is 7.96. The van der Waals surface area contributed by atoms with E-state index in [-0.39, 0.29) is 46.8 Å². The third-order valence-electron chi connectivity index (χ3n) is 2.41. The Bertz CT molecular complexity index is 635. The van der Waals surface area contributed by atoms with Gasteiger partial charge in [0.1, 0.15) is 5.75 Å². The van der Waals surface area contributed by atoms with Crippen molar-refractivity contribution < 1.29 is 9.90 Å². The van der Waals surface area contributed by atoms with Crippen molar-refractivity contribution in [2.45, 2.75) is 0 Å². The number of carbonyl (C=O) groups is 1. The van der Waals surface area contributed by atoms with E-state index in [0.29, 0.717) is 19.1 Å². The molecule has 0 aliphatic rings. The van der Waals surface area contributed by atoms with Gasteiger partial charge in [0.25, 0.3) is 5.91 Å². The molecule has 7 heteroatoms. The molecule has 0 saturated heterocycles. The number of carbonyl (C=O) groups excluding carboxylic acids is 1. The van der Waals surface area contributed by atoms with Crippen LogP contribution >= 0.6 is 47.8 Å². The first-order chi connectivity index (χ1) is 9.00. The summed E-state index contributed by atoms with van der Waals surface area (Å²) in [4.78, 5) is 12.1. The fourth-order valence-electron chi connectivity index (χ4n) is 1.48. The summed E-state index contributed by atoms with van der Waals surface area (Å²) in [6, 6.07) is 10.6. The molecule has 0 heterocycles. The predicted octanol–water partition coefficient (Wildman–Crippen LogP) is 4.28. The molecule has 2 aromatic rings. The molecular weight excluding hydrogens is 465 g/mol. The number of hydrogen-bond acceptors (Lipinski definition) is 2. The van der Waals surface area contributed by atoms with Crippen molar-refractivity contribution in [1.82, 2.24) is 0 Å². The number of halogens is 3. The van der Waals surface area contributed by atoms with Crippen LogP contribution in [0.5, 0.6) is 5.75 Å². The molecule has 1 amide bonds. The first-order valence-electron chi connectivity index (χ1n) is 5.23. The third-order valence-corrected chi connectivity index (χ3v) is 5.70. The van der Waals surface area contributed by atoms with E-state index >= 15 is 0 Å². The molecule has 2 aromatic carbocycles. The number of para-hydroxylation sites is 1. The van der Waals surface area contributed by atoms with Gasteiger partial charge in [-0.3, -0.25) is 4.79 Å². The Hall–Kier alpha value is 0.150. The zero-order chi connectivity index (χ0) is 14.0. The van der Waals surface area contributed by atoms with Gasteiger partial charge < -0.3 is 10.4 Å². The van der Waals surface area contributed by atoms with E-state index in [4.69, 9.17) is 0 Å². The molecule has 0 atom stereocenters. The van der Waals surface area contributed by atoms with Gasteiger partial charge in [-0.15, -0.1) is 0 Å². The number of aromatic hydroxyl groups is 1. The Kier molecular flexibility index (Phi) is 7.24. The summed E-state index contributed by atoms with van der Waals surface area (Å²) in [5, 5.41) is 12.7. The van der Waals surface area contributed by atoms with Crippen LogP contribution in [0.1, 0.15) is 10.4 Å². The van der Waals surface area contributed by atoms with Gasteiger partial charge >= 0.3 is 29.6 Å². The second-order valence-electron chi connectivity index (χ2n) is 3.70. The Labute approximate surface area is 163 Å². The van der Waals surface area contributed by atoms with E-state index in [2.05, 4.69) is 53.1 Å². The molecule has 0 aliphatic heterocycles. The monoisotopic (exact) mass is 471 g/mol. The summed E-state index contributed by atoms with van der Waals surface area (Å²) in [7, 11) is 0. The van der Waals surface area contributed by atoms with Crippen LogP contribution in [0.2, 0.25) is 0 Å². The van der Waals surface area contributed by atoms with Crippen LogP contribution in [0.4, 0.5) is 5.69 Å². The number of nitrogens with one attached hydrogen (secondary N) is 1. The molecule has 0 bridgehead atoms. The SMILES string of the molecule is O=C(Nc1ccccc1)c1cc(Br)c(Br)c(Br)c1O.[NaH]. The molecule has 0 aliphatic carbocycles. The first-order valence-corrected chi connectivity index (χ1v) is 7.61. The number of phenolic OH excluding ortho intramolecular Hbond substituents is 1. The molecule has 3 nitrogen and oxygen atoms in total. The van der Waals surface area contributed by atoms with Crippen LogP contribution < -0.4 is 5.32 Å². The normalized spacial score (nSPS) is 9.75. The number of hydrogen-bond donors (Lipinski definition) is 2. The van der Waals surface area contributed by atoms with Crippen molar-refractivity contribution in [2.75, 3.05) is 5.32 Å². The van der Waals surface area contributed by atoms with Crippen molar-refractivity contribution in [2.24, 2.45) is 0 Å². The fourth-order valence-corrected chi connectivity index (χ4v) is 2.90. The van der Waals surface area contributed by atoms with Crippen LogP contribution in [0.15, 0.2) is 49.8 Å². The number of anilines is 1. The Morgan fingerprint density at radius 1 is 1.05 bits per heavy atom. The van der Waals surface area contributed by atoms with Crippen molar-refractivity contribution in [3.05, 3.63) is 55.4 Å². The van der Waals surface area contributed by atoms with Gasteiger partial charge in [-0.25, -0.2) is 0 Å². The third kappa shape index (κ3) is 4.08. The molecule has 0 unspecified atom stereocenters. The van der Waals surface area contributed by atoms with Crippen molar-refractivity contribution in [1.29, 1.82) is 0 Å². The maximum absolute atomic E-state index is 12.1. The molecule has 2 rings (SSSR count). The van der Waals surface area contributed by atoms with Gasteiger partial charge in [0.15, 0.2) is 0 Å². The van der Waals surface area contributed by atoms with E-state index in [1.165, 1.54) is 0 Å². The zero-order valence-electron chi connectivity index (χ0n) is 9.45. The van der Waals surface area contributed by atoms with E-state index in [0.717, 1.165) is 0 Å². The summed E-state index contributed by atoms with van der Waals surface area (Å²) < 4.78 is 1.76. The van der Waals surface area contributed by atoms with Crippen LogP contribution in [0.3, 0.4) is 0 Å². The molecule has 0 fully saturated rings. The van der Waals surface area contributed by atoms with Crippen LogP contribution in [0, 0.1) is 0 Å². The zero-order valence-corrected chi connectivity index (χ0v) is 14.2. The number of rotatable bonds is 2. The second-order valence-corrected chi connectivity index (χ2v) is 6.14. The maximum atomic E-state index is 12.1. The molecule has 0 saturated carbocycles. The topological polar surface area (TPSA) is 49.3 Å². The molecule has 100 valence electrons. The standard InChI is InChI=1S/C13H8Br3NO2.Na.H/c14-9-6-8(12(18)11(16)10(9)15)13(19)17-7-4-2-1-3-5-7;;/h1-6,18H,(H,17,19);;. The summed E-state index contributed by atoms with van der Waals surface area (Å²) in [5.74, 6) is -0.485. The molecule has 0 radical (unpaired) electrons. The van der Waals surface area contributed by atoms with Gasteiger partial charge in [-0.05, 0) is 66.0 Å². The summed E-state index contributed by atoms with van der Waals surface area (Å²) >= 11 is 9.84. The van der Waals surface area contributed by atoms with E-state index in [9.17, 15) is 9.90 Å². The van der Waals surface area contributed by atoms with Gasteiger partial charge in [0.05, 0.1) is 10.0 Å². The van der Waals surface area contributed by atoms with Crippen molar-refractivity contribution in [3.8, 4) is 5.75 Å². The summed E-state index contributed by atoms with van der Waals surface area (Å²) in [6.45, 7) is 0. The number of benzene rings is 2. The predicted molar refractivity (Wildman–Crippen MR) is 92.8 cm³/mol. The first kappa shape index (κ1) is 18.2. The van der Waals surface area contributed by atoms with Gasteiger partial charge in [0, 0.05) is 14.6 Å². The minimum absolute atomic E-state index is 0. The van der Waals surface area contributed by atoms with Crippen molar-refractivity contribution in [3.63, 3.8) is 0 Å². The molecular formula is C13H9Br3NNaO2. The molecule has 20 heavy (non-hydrogen) atoms. The van der Waals surface area contributed by atoms with E-state index < -0.39 is 0 Å². The Morgan fingerprint density at radius 2 is 1.65 bits per heavy atom. The van der Waals surface area contributed by atoms with Crippen LogP contribution in [-0.4, -0.2) is 40.6 Å².